The van der Waals surface area contributed by atoms with Crippen LogP contribution in [0.4, 0.5) is 0 Å². The highest BCUT2D eigenvalue weighted by molar-refractivity contribution is 7.12. The van der Waals surface area contributed by atoms with Gasteiger partial charge in [-0.2, -0.15) is 0 Å². The zero-order chi connectivity index (χ0) is 16.4. The molecular formula is C17H15NO4S. The van der Waals surface area contributed by atoms with Gasteiger partial charge in [-0.1, -0.05) is 17.3 Å². The minimum Gasteiger partial charge on any atom is -0.457 e. The number of carbonyl (C=O) groups is 2. The largest absolute Gasteiger partial charge is 0.457 e. The fourth-order valence-corrected chi connectivity index (χ4v) is 3.33. The van der Waals surface area contributed by atoms with Gasteiger partial charge in [0.15, 0.2) is 12.2 Å². The van der Waals surface area contributed by atoms with Gasteiger partial charge in [-0.25, -0.2) is 0 Å². The predicted octanol–water partition coefficient (Wildman–Crippen LogP) is 3.47. The van der Waals surface area contributed by atoms with Gasteiger partial charge in [0.1, 0.15) is 5.69 Å². The van der Waals surface area contributed by atoms with Crippen molar-refractivity contribution in [1.82, 2.24) is 5.16 Å². The van der Waals surface area contributed by atoms with Crippen molar-refractivity contribution in [3.05, 3.63) is 51.3 Å². The van der Waals surface area contributed by atoms with Crippen molar-refractivity contribution in [3.63, 3.8) is 0 Å². The number of aromatic nitrogens is 1. The number of ketones is 1. The zero-order valence-electron chi connectivity index (χ0n) is 12.8. The van der Waals surface area contributed by atoms with E-state index in [-0.39, 0.29) is 18.8 Å². The summed E-state index contributed by atoms with van der Waals surface area (Å²) < 4.78 is 10.2. The summed E-state index contributed by atoms with van der Waals surface area (Å²) in [5, 5.41) is 4.66. The lowest BCUT2D eigenvalue weighted by molar-refractivity contribution is -0.141. The van der Waals surface area contributed by atoms with Gasteiger partial charge in [0.25, 0.3) is 0 Å². The van der Waals surface area contributed by atoms with Gasteiger partial charge in [-0.05, 0) is 32.0 Å². The van der Waals surface area contributed by atoms with E-state index in [4.69, 9.17) is 9.26 Å². The van der Waals surface area contributed by atoms with Crippen molar-refractivity contribution in [2.45, 2.75) is 20.3 Å². The number of hydrogen-bond donors (Lipinski definition) is 0. The number of hydrogen-bond acceptors (Lipinski definition) is 6. The Labute approximate surface area is 136 Å². The first-order chi connectivity index (χ1) is 11.0. The monoisotopic (exact) mass is 329 g/mol. The standard InChI is InChI=1S/C17H15NO4S/c1-10-7-13(11(2)23-10)15(19)9-21-17(20)8-14-12-5-3-4-6-16(12)22-18-14/h3-7H,8-9H2,1-2H3. The average molecular weight is 329 g/mol. The summed E-state index contributed by atoms with van der Waals surface area (Å²) in [5.41, 5.74) is 1.75. The molecule has 23 heavy (non-hydrogen) atoms. The van der Waals surface area contributed by atoms with Crippen LogP contribution in [0.2, 0.25) is 0 Å². The van der Waals surface area contributed by atoms with Crippen molar-refractivity contribution in [1.29, 1.82) is 0 Å². The maximum absolute atomic E-state index is 12.1. The van der Waals surface area contributed by atoms with E-state index in [1.807, 2.05) is 38.1 Å². The normalized spacial score (nSPS) is 10.9. The Bertz CT molecular complexity index is 878. The van der Waals surface area contributed by atoms with Crippen LogP contribution in [0.5, 0.6) is 0 Å². The number of rotatable bonds is 5. The molecule has 0 saturated heterocycles. The van der Waals surface area contributed by atoms with Crippen molar-refractivity contribution in [3.8, 4) is 0 Å². The van der Waals surface area contributed by atoms with E-state index in [9.17, 15) is 9.59 Å². The summed E-state index contributed by atoms with van der Waals surface area (Å²) >= 11 is 1.55. The van der Waals surface area contributed by atoms with E-state index < -0.39 is 5.97 Å². The molecular weight excluding hydrogens is 314 g/mol. The number of aryl methyl sites for hydroxylation is 2. The zero-order valence-corrected chi connectivity index (χ0v) is 13.6. The molecule has 0 aliphatic carbocycles. The molecule has 5 nitrogen and oxygen atoms in total. The highest BCUT2D eigenvalue weighted by Gasteiger charge is 2.17. The number of Topliss-reactive ketones (excluding diaryl/α,β-unsaturated/α-hetero) is 1. The molecule has 0 aliphatic rings. The third-order valence-corrected chi connectivity index (χ3v) is 4.44. The molecule has 0 spiro atoms. The van der Waals surface area contributed by atoms with Gasteiger partial charge in [-0.15, -0.1) is 11.3 Å². The predicted molar refractivity (Wildman–Crippen MR) is 86.8 cm³/mol. The first-order valence-electron chi connectivity index (χ1n) is 7.13. The molecule has 118 valence electrons. The van der Waals surface area contributed by atoms with E-state index in [1.54, 1.807) is 17.4 Å². The van der Waals surface area contributed by atoms with Gasteiger partial charge < -0.3 is 9.26 Å². The summed E-state index contributed by atoms with van der Waals surface area (Å²) in [4.78, 5) is 26.0. The molecule has 2 aromatic heterocycles. The lowest BCUT2D eigenvalue weighted by Crippen LogP contribution is -2.16. The molecule has 1 aromatic carbocycles. The van der Waals surface area contributed by atoms with Crippen LogP contribution in [-0.2, 0) is 16.0 Å². The quantitative estimate of drug-likeness (QED) is 0.529. The minimum absolute atomic E-state index is 0.0219. The molecule has 3 aromatic rings. The molecule has 0 amide bonds. The van der Waals surface area contributed by atoms with Crippen molar-refractivity contribution < 1.29 is 18.8 Å². The maximum Gasteiger partial charge on any atom is 0.312 e. The molecule has 0 aliphatic heterocycles. The number of carbonyl (C=O) groups excluding carboxylic acids is 2. The topological polar surface area (TPSA) is 69.4 Å². The maximum atomic E-state index is 12.1. The van der Waals surface area contributed by atoms with Crippen LogP contribution in [0.25, 0.3) is 11.0 Å². The number of thiophene rings is 1. The molecule has 2 heterocycles. The number of esters is 1. The van der Waals surface area contributed by atoms with Gasteiger partial charge in [0.05, 0.1) is 6.42 Å². The molecule has 0 radical (unpaired) electrons. The number of ether oxygens (including phenoxy) is 1. The van der Waals surface area contributed by atoms with E-state index in [0.717, 1.165) is 15.1 Å². The second-order valence-corrected chi connectivity index (χ2v) is 6.67. The van der Waals surface area contributed by atoms with Crippen molar-refractivity contribution in [2.24, 2.45) is 0 Å². The number of para-hydroxylation sites is 1. The minimum atomic E-state index is -0.498. The molecule has 0 fully saturated rings. The highest BCUT2D eigenvalue weighted by Crippen LogP contribution is 2.21. The SMILES string of the molecule is Cc1cc(C(=O)COC(=O)Cc2noc3ccccc23)c(C)s1. The van der Waals surface area contributed by atoms with Crippen LogP contribution in [0, 0.1) is 13.8 Å². The summed E-state index contributed by atoms with van der Waals surface area (Å²) in [7, 11) is 0. The number of fused-ring (bicyclic) bond motifs is 1. The van der Waals surface area contributed by atoms with Gasteiger partial charge in [-0.3, -0.25) is 9.59 Å². The Hall–Kier alpha value is -2.47. The number of benzene rings is 1. The smallest absolute Gasteiger partial charge is 0.312 e. The average Bonchev–Trinajstić information content (AvgIpc) is 3.08. The third-order valence-electron chi connectivity index (χ3n) is 3.47. The Balaban J connectivity index is 1.61. The van der Waals surface area contributed by atoms with Gasteiger partial charge in [0.2, 0.25) is 5.78 Å². The van der Waals surface area contributed by atoms with Crippen LogP contribution in [-0.4, -0.2) is 23.5 Å². The summed E-state index contributed by atoms with van der Waals surface area (Å²) in [6.07, 6.45) is -0.0219. The van der Waals surface area contributed by atoms with Gasteiger partial charge >= 0.3 is 5.97 Å². The molecule has 6 heteroatoms. The van der Waals surface area contributed by atoms with Crippen LogP contribution >= 0.6 is 11.3 Å². The van der Waals surface area contributed by atoms with E-state index in [0.29, 0.717) is 16.8 Å². The Morgan fingerprint density at radius 2 is 2.04 bits per heavy atom. The third kappa shape index (κ3) is 3.32. The molecule has 0 atom stereocenters. The first kappa shape index (κ1) is 15.4. The van der Waals surface area contributed by atoms with Crippen molar-refractivity contribution in [2.75, 3.05) is 6.61 Å². The lowest BCUT2D eigenvalue weighted by atomic mass is 10.1. The van der Waals surface area contributed by atoms with Crippen LogP contribution in [0.1, 0.15) is 25.8 Å². The lowest BCUT2D eigenvalue weighted by Gasteiger charge is -2.03. The second-order valence-electron chi connectivity index (χ2n) is 5.21. The van der Waals surface area contributed by atoms with E-state index >= 15 is 0 Å². The summed E-state index contributed by atoms with van der Waals surface area (Å²) in [6, 6.07) is 9.11. The summed E-state index contributed by atoms with van der Waals surface area (Å²) in [5.74, 6) is -0.688. The Morgan fingerprint density at radius 3 is 2.78 bits per heavy atom. The van der Waals surface area contributed by atoms with Crippen LogP contribution < -0.4 is 0 Å². The van der Waals surface area contributed by atoms with E-state index in [1.165, 1.54) is 0 Å². The molecule has 0 bridgehead atoms. The number of nitrogens with zero attached hydrogens (tertiary/aromatic N) is 1. The molecule has 3 rings (SSSR count). The Morgan fingerprint density at radius 1 is 1.26 bits per heavy atom. The van der Waals surface area contributed by atoms with Gasteiger partial charge in [0, 0.05) is 20.7 Å². The first-order valence-corrected chi connectivity index (χ1v) is 7.95. The van der Waals surface area contributed by atoms with Crippen LogP contribution in [0.15, 0.2) is 34.9 Å². The van der Waals surface area contributed by atoms with Crippen molar-refractivity contribution >= 4 is 34.1 Å². The highest BCUT2D eigenvalue weighted by atomic mass is 32.1. The summed E-state index contributed by atoms with van der Waals surface area (Å²) in [6.45, 7) is 3.57. The fraction of sp³-hybridized carbons (Fsp3) is 0.235. The molecule has 0 N–H and O–H groups in total. The Kier molecular flexibility index (Phi) is 4.25. The van der Waals surface area contributed by atoms with Crippen LogP contribution in [0.3, 0.4) is 0 Å². The second kappa shape index (κ2) is 6.34. The molecule has 0 saturated carbocycles. The fourth-order valence-electron chi connectivity index (χ4n) is 2.38. The van der Waals surface area contributed by atoms with E-state index in [2.05, 4.69) is 5.16 Å². The molecule has 0 unspecified atom stereocenters.